The van der Waals surface area contributed by atoms with Crippen molar-refractivity contribution in [3.8, 4) is 0 Å². The van der Waals surface area contributed by atoms with Crippen LogP contribution in [0.4, 0.5) is 0 Å². The van der Waals surface area contributed by atoms with Gasteiger partial charge in [-0.05, 0) is 19.8 Å². The largest absolute Gasteiger partial charge is 0.481 e. The molecule has 0 amide bonds. The van der Waals surface area contributed by atoms with Crippen molar-refractivity contribution in [2.24, 2.45) is 5.92 Å². The Morgan fingerprint density at radius 3 is 2.29 bits per heavy atom. The highest BCUT2D eigenvalue weighted by atomic mass is 16.5. The van der Waals surface area contributed by atoms with Gasteiger partial charge in [-0.1, -0.05) is 6.92 Å². The van der Waals surface area contributed by atoms with Gasteiger partial charge in [-0.15, -0.1) is 0 Å². The lowest BCUT2D eigenvalue weighted by atomic mass is 9.90. The van der Waals surface area contributed by atoms with E-state index >= 15 is 0 Å². The number of carbonyl (C=O) groups excluding carboxylic acids is 1. The van der Waals surface area contributed by atoms with Crippen LogP contribution in [0.5, 0.6) is 0 Å². The lowest BCUT2D eigenvalue weighted by molar-refractivity contribution is -0.159. The molecular formula is C9H16O5. The fourth-order valence-corrected chi connectivity index (χ4v) is 0.998. The number of aliphatic hydroxyl groups is 1. The number of hydrogen-bond donors (Lipinski definition) is 2. The Hall–Kier alpha value is -1.10. The van der Waals surface area contributed by atoms with Gasteiger partial charge < -0.3 is 14.9 Å². The van der Waals surface area contributed by atoms with Gasteiger partial charge in [0.1, 0.15) is 0 Å². The summed E-state index contributed by atoms with van der Waals surface area (Å²) in [4.78, 5) is 21.7. The van der Waals surface area contributed by atoms with E-state index in [9.17, 15) is 14.7 Å². The maximum Gasteiger partial charge on any atom is 0.320 e. The molecule has 0 saturated carbocycles. The SMILES string of the molecule is CCC(C)(O)CC(C(=O)O)C(=O)OC. The van der Waals surface area contributed by atoms with Crippen molar-refractivity contribution in [2.45, 2.75) is 32.3 Å². The molecule has 0 aliphatic heterocycles. The molecule has 0 rings (SSSR count). The van der Waals surface area contributed by atoms with E-state index in [4.69, 9.17) is 5.11 Å². The van der Waals surface area contributed by atoms with Crippen LogP contribution in [0.15, 0.2) is 0 Å². The third kappa shape index (κ3) is 3.74. The first kappa shape index (κ1) is 12.9. The van der Waals surface area contributed by atoms with Crippen LogP contribution in [0.25, 0.3) is 0 Å². The van der Waals surface area contributed by atoms with Crippen molar-refractivity contribution >= 4 is 11.9 Å². The molecule has 0 saturated heterocycles. The summed E-state index contributed by atoms with van der Waals surface area (Å²) in [5, 5.41) is 18.3. The number of methoxy groups -OCH3 is 1. The van der Waals surface area contributed by atoms with Gasteiger partial charge in [0.05, 0.1) is 12.7 Å². The highest BCUT2D eigenvalue weighted by molar-refractivity contribution is 5.93. The maximum absolute atomic E-state index is 11.0. The molecule has 82 valence electrons. The van der Waals surface area contributed by atoms with E-state index in [1.54, 1.807) is 6.92 Å². The predicted molar refractivity (Wildman–Crippen MR) is 48.7 cm³/mol. The van der Waals surface area contributed by atoms with Crippen molar-refractivity contribution in [1.82, 2.24) is 0 Å². The highest BCUT2D eigenvalue weighted by Gasteiger charge is 2.34. The molecule has 0 fully saturated rings. The number of ether oxygens (including phenoxy) is 1. The third-order valence-corrected chi connectivity index (χ3v) is 2.19. The normalized spacial score (nSPS) is 16.9. The van der Waals surface area contributed by atoms with Crippen molar-refractivity contribution in [3.63, 3.8) is 0 Å². The van der Waals surface area contributed by atoms with Crippen LogP contribution in [0.1, 0.15) is 26.7 Å². The van der Waals surface area contributed by atoms with Crippen LogP contribution >= 0.6 is 0 Å². The summed E-state index contributed by atoms with van der Waals surface area (Å²) in [6.07, 6.45) is 0.249. The fourth-order valence-electron chi connectivity index (χ4n) is 0.998. The molecule has 5 nitrogen and oxygen atoms in total. The zero-order chi connectivity index (χ0) is 11.4. The summed E-state index contributed by atoms with van der Waals surface area (Å²) in [7, 11) is 1.12. The van der Waals surface area contributed by atoms with Crippen molar-refractivity contribution in [1.29, 1.82) is 0 Å². The van der Waals surface area contributed by atoms with Crippen LogP contribution in [0.2, 0.25) is 0 Å². The lowest BCUT2D eigenvalue weighted by Gasteiger charge is -2.23. The molecule has 2 atom stereocenters. The van der Waals surface area contributed by atoms with Gasteiger partial charge in [0.25, 0.3) is 0 Å². The maximum atomic E-state index is 11.0. The molecule has 2 unspecified atom stereocenters. The first-order valence-electron chi connectivity index (χ1n) is 4.37. The van der Waals surface area contributed by atoms with Crippen LogP contribution in [-0.4, -0.2) is 34.9 Å². The Balaban J connectivity index is 4.54. The molecule has 0 aliphatic rings. The molecule has 0 aromatic rings. The van der Waals surface area contributed by atoms with Gasteiger partial charge in [-0.3, -0.25) is 9.59 Å². The monoisotopic (exact) mass is 204 g/mol. The Bertz CT molecular complexity index is 221. The van der Waals surface area contributed by atoms with Crippen molar-refractivity contribution in [3.05, 3.63) is 0 Å². The molecule has 0 bridgehead atoms. The Morgan fingerprint density at radius 1 is 1.50 bits per heavy atom. The van der Waals surface area contributed by atoms with Crippen molar-refractivity contribution in [2.75, 3.05) is 7.11 Å². The summed E-state index contributed by atoms with van der Waals surface area (Å²) >= 11 is 0. The molecule has 14 heavy (non-hydrogen) atoms. The van der Waals surface area contributed by atoms with E-state index in [-0.39, 0.29) is 6.42 Å². The topological polar surface area (TPSA) is 83.8 Å². The van der Waals surface area contributed by atoms with Crippen molar-refractivity contribution < 1.29 is 24.5 Å². The second-order valence-corrected chi connectivity index (χ2v) is 3.47. The first-order chi connectivity index (χ1) is 6.34. The minimum absolute atomic E-state index is 0.133. The van der Waals surface area contributed by atoms with E-state index in [1.807, 2.05) is 0 Å². The second kappa shape index (κ2) is 4.95. The number of carboxylic acid groups (broad SMARTS) is 1. The Morgan fingerprint density at radius 2 is 2.00 bits per heavy atom. The lowest BCUT2D eigenvalue weighted by Crippen LogP contribution is -2.35. The quantitative estimate of drug-likeness (QED) is 0.500. The predicted octanol–water partition coefficient (Wildman–Crippen LogP) is 0.411. The summed E-state index contributed by atoms with van der Waals surface area (Å²) in [5.74, 6) is -3.40. The van der Waals surface area contributed by atoms with Crippen LogP contribution in [-0.2, 0) is 14.3 Å². The Labute approximate surface area is 82.7 Å². The summed E-state index contributed by atoms with van der Waals surface area (Å²) < 4.78 is 4.33. The van der Waals surface area contributed by atoms with Crippen LogP contribution in [0, 0.1) is 5.92 Å². The second-order valence-electron chi connectivity index (χ2n) is 3.47. The molecular weight excluding hydrogens is 188 g/mol. The van der Waals surface area contributed by atoms with E-state index < -0.39 is 23.5 Å². The summed E-state index contributed by atoms with van der Waals surface area (Å²) in [5.41, 5.74) is -1.16. The molecule has 0 radical (unpaired) electrons. The molecule has 0 aromatic heterocycles. The zero-order valence-electron chi connectivity index (χ0n) is 8.61. The molecule has 2 N–H and O–H groups in total. The summed E-state index contributed by atoms with van der Waals surface area (Å²) in [6.45, 7) is 3.21. The first-order valence-corrected chi connectivity index (χ1v) is 4.37. The number of hydrogen-bond acceptors (Lipinski definition) is 4. The minimum atomic E-state index is -1.30. The number of esters is 1. The highest BCUT2D eigenvalue weighted by Crippen LogP contribution is 2.21. The average Bonchev–Trinajstić information content (AvgIpc) is 2.13. The number of carboxylic acids is 1. The molecule has 0 aliphatic carbocycles. The smallest absolute Gasteiger partial charge is 0.320 e. The number of aliphatic carboxylic acids is 1. The van der Waals surface area contributed by atoms with Gasteiger partial charge in [0.2, 0.25) is 0 Å². The van der Waals surface area contributed by atoms with Crippen LogP contribution in [0.3, 0.4) is 0 Å². The van der Waals surface area contributed by atoms with Gasteiger partial charge in [0.15, 0.2) is 5.92 Å². The third-order valence-electron chi connectivity index (χ3n) is 2.19. The Kier molecular flexibility index (Phi) is 4.56. The van der Waals surface area contributed by atoms with E-state index in [0.717, 1.165) is 7.11 Å². The fraction of sp³-hybridized carbons (Fsp3) is 0.778. The standard InChI is InChI=1S/C9H16O5/c1-4-9(2,13)5-6(7(10)11)8(12)14-3/h6,13H,4-5H2,1-3H3,(H,10,11). The van der Waals surface area contributed by atoms with E-state index in [2.05, 4.69) is 4.74 Å². The summed E-state index contributed by atoms with van der Waals surface area (Å²) in [6, 6.07) is 0. The average molecular weight is 204 g/mol. The molecule has 0 spiro atoms. The van der Waals surface area contributed by atoms with E-state index in [0.29, 0.717) is 6.42 Å². The van der Waals surface area contributed by atoms with Gasteiger partial charge in [-0.25, -0.2) is 0 Å². The van der Waals surface area contributed by atoms with Gasteiger partial charge >= 0.3 is 11.9 Å². The molecule has 0 heterocycles. The van der Waals surface area contributed by atoms with Gasteiger partial charge in [0, 0.05) is 0 Å². The van der Waals surface area contributed by atoms with Crippen LogP contribution < -0.4 is 0 Å². The number of carbonyl (C=O) groups is 2. The zero-order valence-corrected chi connectivity index (χ0v) is 8.61. The van der Waals surface area contributed by atoms with Gasteiger partial charge in [-0.2, -0.15) is 0 Å². The molecule has 0 aromatic carbocycles. The van der Waals surface area contributed by atoms with E-state index in [1.165, 1.54) is 6.92 Å². The molecule has 5 heteroatoms. The number of rotatable bonds is 5. The minimum Gasteiger partial charge on any atom is -0.481 e.